The Hall–Kier alpha value is -3.04. The van der Waals surface area contributed by atoms with Gasteiger partial charge in [0, 0.05) is 10.6 Å². The van der Waals surface area contributed by atoms with Gasteiger partial charge in [-0.05, 0) is 29.8 Å². The molecule has 3 rings (SSSR count). The number of nitrogens with one attached hydrogen (secondary N) is 1. The molecule has 10 heteroatoms. The number of benzene rings is 2. The summed E-state index contributed by atoms with van der Waals surface area (Å²) in [5, 5.41) is 19.5. The zero-order chi connectivity index (χ0) is 21.5. The van der Waals surface area contributed by atoms with Crippen LogP contribution in [-0.2, 0) is 16.2 Å². The number of carboxylic acid groups (broad SMARTS) is 1. The molecule has 1 aliphatic heterocycles. The van der Waals surface area contributed by atoms with Gasteiger partial charge in [0.15, 0.2) is 16.7 Å². The molecule has 2 aromatic rings. The highest BCUT2D eigenvalue weighted by atomic mass is 35.5. The van der Waals surface area contributed by atoms with Crippen LogP contribution in [0.3, 0.4) is 0 Å². The van der Waals surface area contributed by atoms with Crippen LogP contribution < -0.4 is 14.8 Å². The quantitative estimate of drug-likeness (QED) is 0.474. The highest BCUT2D eigenvalue weighted by Crippen LogP contribution is 2.31. The molecule has 1 saturated heterocycles. The molecule has 0 aliphatic carbocycles. The number of hydrogen-bond acceptors (Lipinski definition) is 7. The van der Waals surface area contributed by atoms with Crippen molar-refractivity contribution >= 4 is 46.6 Å². The minimum absolute atomic E-state index is 0.242. The molecule has 0 unspecified atom stereocenters. The Bertz CT molecular complexity index is 1010. The van der Waals surface area contributed by atoms with Crippen LogP contribution in [-0.4, -0.2) is 40.7 Å². The first kappa shape index (κ1) is 21.7. The Balaban J connectivity index is 1.74. The molecule has 1 heterocycles. The summed E-state index contributed by atoms with van der Waals surface area (Å²) < 4.78 is 11.3. The number of para-hydroxylation sites is 1. The van der Waals surface area contributed by atoms with E-state index < -0.39 is 17.1 Å². The van der Waals surface area contributed by atoms with Crippen molar-refractivity contribution in [3.8, 4) is 11.5 Å². The van der Waals surface area contributed by atoms with Crippen molar-refractivity contribution in [3.63, 3.8) is 0 Å². The van der Waals surface area contributed by atoms with Gasteiger partial charge in [-0.25, -0.2) is 0 Å². The summed E-state index contributed by atoms with van der Waals surface area (Å²) in [6, 6.07) is 12.7. The summed E-state index contributed by atoms with van der Waals surface area (Å²) in [7, 11) is 1.54. The number of methoxy groups -OCH3 is 1. The number of carbonyl (C=O) groups excluding carboxylic acids is 1. The third kappa shape index (κ3) is 5.74. The van der Waals surface area contributed by atoms with Crippen LogP contribution in [0.2, 0.25) is 5.02 Å². The first-order valence-electron chi connectivity index (χ1n) is 8.81. The third-order valence-electron chi connectivity index (χ3n) is 3.98. The van der Waals surface area contributed by atoms with Crippen LogP contribution in [0.5, 0.6) is 11.5 Å². The average Bonchev–Trinajstić information content (AvgIpc) is 3.05. The van der Waals surface area contributed by atoms with E-state index in [1.807, 2.05) is 18.2 Å². The molecule has 2 N–H and O–H groups in total. The molecule has 0 radical (unpaired) electrons. The molecule has 8 nitrogen and oxygen atoms in total. The zero-order valence-electron chi connectivity index (χ0n) is 15.9. The molecular weight excluding hydrogens is 430 g/mol. The summed E-state index contributed by atoms with van der Waals surface area (Å²) in [6.07, 6.45) is 1.19. The van der Waals surface area contributed by atoms with E-state index in [-0.39, 0.29) is 18.2 Å². The summed E-state index contributed by atoms with van der Waals surface area (Å²) >= 11 is 7.04. The number of hydrogen-bond donors (Lipinski definition) is 2. The van der Waals surface area contributed by atoms with Gasteiger partial charge < -0.3 is 19.9 Å². The Morgan fingerprint density at radius 3 is 2.87 bits per heavy atom. The average molecular weight is 448 g/mol. The van der Waals surface area contributed by atoms with E-state index in [1.54, 1.807) is 24.3 Å². The van der Waals surface area contributed by atoms with Crippen LogP contribution >= 0.6 is 23.4 Å². The summed E-state index contributed by atoms with van der Waals surface area (Å²) in [5.74, 6) is -0.442. The van der Waals surface area contributed by atoms with Crippen LogP contribution in [0, 0.1) is 0 Å². The Kier molecular flexibility index (Phi) is 7.31. The van der Waals surface area contributed by atoms with E-state index in [1.165, 1.54) is 13.3 Å². The Morgan fingerprint density at radius 2 is 2.13 bits per heavy atom. The maximum Gasteiger partial charge on any atom is 0.305 e. The Labute approximate surface area is 181 Å². The van der Waals surface area contributed by atoms with Gasteiger partial charge in [-0.1, -0.05) is 41.6 Å². The van der Waals surface area contributed by atoms with Crippen LogP contribution in [0.25, 0.3) is 0 Å². The smallest absolute Gasteiger partial charge is 0.305 e. The number of amides is 1. The highest BCUT2D eigenvalue weighted by molar-refractivity contribution is 8.15. The van der Waals surface area contributed by atoms with Crippen molar-refractivity contribution in [2.75, 3.05) is 7.11 Å². The number of carbonyl (C=O) groups is 2. The first-order valence-corrected chi connectivity index (χ1v) is 10.1. The molecule has 30 heavy (non-hydrogen) atoms. The van der Waals surface area contributed by atoms with Gasteiger partial charge in [0.1, 0.15) is 11.9 Å². The van der Waals surface area contributed by atoms with E-state index in [0.29, 0.717) is 22.1 Å². The molecule has 0 spiro atoms. The lowest BCUT2D eigenvalue weighted by Crippen LogP contribution is -2.26. The van der Waals surface area contributed by atoms with E-state index in [0.717, 1.165) is 17.3 Å². The zero-order valence-corrected chi connectivity index (χ0v) is 17.4. The SMILES string of the molecule is COc1cccc(/C=N\N=C2/NC(=O)[C@H](CC(=O)O)S2)c1OCc1cccc(Cl)c1. The molecule has 2 aromatic carbocycles. The van der Waals surface area contributed by atoms with Crippen molar-refractivity contribution in [1.82, 2.24) is 5.32 Å². The van der Waals surface area contributed by atoms with Crippen molar-refractivity contribution in [2.24, 2.45) is 10.2 Å². The second kappa shape index (κ2) is 10.1. The lowest BCUT2D eigenvalue weighted by atomic mass is 10.2. The lowest BCUT2D eigenvalue weighted by Gasteiger charge is -2.13. The molecule has 0 aromatic heterocycles. The maximum absolute atomic E-state index is 11.8. The number of amidine groups is 1. The molecular formula is C20H18ClN3O5S. The fourth-order valence-corrected chi connectivity index (χ4v) is 3.75. The minimum atomic E-state index is -1.05. The van der Waals surface area contributed by atoms with E-state index >= 15 is 0 Å². The Morgan fingerprint density at radius 1 is 1.33 bits per heavy atom. The van der Waals surface area contributed by atoms with Gasteiger partial charge in [0.05, 0.1) is 19.7 Å². The largest absolute Gasteiger partial charge is 0.493 e. The summed E-state index contributed by atoms with van der Waals surface area (Å²) in [6.45, 7) is 0.277. The topological polar surface area (TPSA) is 110 Å². The summed E-state index contributed by atoms with van der Waals surface area (Å²) in [4.78, 5) is 22.6. The van der Waals surface area contributed by atoms with Crippen molar-refractivity contribution < 1.29 is 24.2 Å². The van der Waals surface area contributed by atoms with Gasteiger partial charge >= 0.3 is 5.97 Å². The van der Waals surface area contributed by atoms with Gasteiger partial charge in [-0.3, -0.25) is 9.59 Å². The van der Waals surface area contributed by atoms with Crippen LogP contribution in [0.1, 0.15) is 17.5 Å². The van der Waals surface area contributed by atoms with Gasteiger partial charge in [0.2, 0.25) is 5.91 Å². The maximum atomic E-state index is 11.8. The molecule has 0 bridgehead atoms. The molecule has 0 saturated carbocycles. The normalized spacial score (nSPS) is 17.3. The molecule has 156 valence electrons. The van der Waals surface area contributed by atoms with E-state index in [2.05, 4.69) is 15.5 Å². The van der Waals surface area contributed by atoms with Crippen molar-refractivity contribution in [1.29, 1.82) is 0 Å². The predicted octanol–water partition coefficient (Wildman–Crippen LogP) is 3.32. The van der Waals surface area contributed by atoms with E-state index in [4.69, 9.17) is 26.2 Å². The van der Waals surface area contributed by atoms with Crippen molar-refractivity contribution in [2.45, 2.75) is 18.3 Å². The molecule has 1 atom stereocenters. The van der Waals surface area contributed by atoms with Gasteiger partial charge in [0.25, 0.3) is 0 Å². The van der Waals surface area contributed by atoms with Crippen LogP contribution in [0.4, 0.5) is 0 Å². The number of carboxylic acids is 1. The fourth-order valence-electron chi connectivity index (χ4n) is 2.62. The highest BCUT2D eigenvalue weighted by Gasteiger charge is 2.32. The van der Waals surface area contributed by atoms with Gasteiger partial charge in [-0.15, -0.1) is 5.10 Å². The van der Waals surface area contributed by atoms with Crippen molar-refractivity contribution in [3.05, 3.63) is 58.6 Å². The standard InChI is InChI=1S/C20H18ClN3O5S/c1-28-15-7-3-5-13(18(15)29-11-12-4-2-6-14(21)8-12)10-22-24-20-23-19(27)16(30-20)9-17(25)26/h2-8,10,16H,9,11H2,1H3,(H,25,26)(H,23,24,27)/b22-10-/t16-/m0/s1. The monoisotopic (exact) mass is 447 g/mol. The number of aliphatic carboxylic acids is 1. The molecule has 1 amide bonds. The van der Waals surface area contributed by atoms with Crippen LogP contribution in [0.15, 0.2) is 52.7 Å². The molecule has 1 fully saturated rings. The van der Waals surface area contributed by atoms with Gasteiger partial charge in [-0.2, -0.15) is 5.10 Å². The number of halogens is 1. The predicted molar refractivity (Wildman–Crippen MR) is 116 cm³/mol. The summed E-state index contributed by atoms with van der Waals surface area (Å²) in [5.41, 5.74) is 1.52. The second-order valence-corrected chi connectivity index (χ2v) is 7.77. The first-order chi connectivity index (χ1) is 14.5. The fraction of sp³-hybridized carbons (Fsp3) is 0.200. The lowest BCUT2D eigenvalue weighted by molar-refractivity contribution is -0.138. The number of rotatable bonds is 8. The third-order valence-corrected chi connectivity index (χ3v) is 5.29. The van der Waals surface area contributed by atoms with E-state index in [9.17, 15) is 9.59 Å². The molecule has 1 aliphatic rings. The minimum Gasteiger partial charge on any atom is -0.493 e. The number of ether oxygens (including phenoxy) is 2. The second-order valence-electron chi connectivity index (χ2n) is 6.14. The number of nitrogens with zero attached hydrogens (tertiary/aromatic N) is 2. The number of thioether (sulfide) groups is 1.